The van der Waals surface area contributed by atoms with Crippen LogP contribution in [0, 0.1) is 5.82 Å². The van der Waals surface area contributed by atoms with Crippen molar-refractivity contribution < 1.29 is 14.0 Å². The number of nitrogens with zero attached hydrogens (tertiary/aromatic N) is 6. The van der Waals surface area contributed by atoms with Crippen LogP contribution in [0.1, 0.15) is 12.8 Å². The average molecular weight is 424 g/mol. The molecule has 0 spiro atoms. The highest BCUT2D eigenvalue weighted by atomic mass is 19.1. The Labute approximate surface area is 177 Å². The van der Waals surface area contributed by atoms with Gasteiger partial charge in [-0.2, -0.15) is 5.10 Å². The van der Waals surface area contributed by atoms with E-state index >= 15 is 0 Å². The van der Waals surface area contributed by atoms with Crippen LogP contribution in [0.3, 0.4) is 0 Å². The number of benzene rings is 1. The minimum absolute atomic E-state index is 0.200. The highest BCUT2D eigenvalue weighted by molar-refractivity contribution is 5.97. The molecule has 11 heteroatoms. The number of amides is 3. The van der Waals surface area contributed by atoms with Gasteiger partial charge in [-0.25, -0.2) is 19.2 Å². The summed E-state index contributed by atoms with van der Waals surface area (Å²) in [4.78, 5) is 35.2. The molecule has 2 aromatic heterocycles. The van der Waals surface area contributed by atoms with Crippen LogP contribution in [0.25, 0.3) is 17.0 Å². The van der Waals surface area contributed by atoms with E-state index in [0.29, 0.717) is 29.3 Å². The molecule has 0 atom stereocenters. The molecule has 2 N–H and O–H groups in total. The standard InChI is InChI=1S/C20H21FN8O2/c1-22-24-12-29(13-30)15-9-23-19-26-18(11-28(19)10-15)16-8-14(4-5-17(16)21)25-20(31)27-6-2-3-7-27/h4-5,8-13,22H,2-3,6-7H2,1H3,(H,25,31)/b24-12-. The Balaban J connectivity index is 1.62. The first-order valence-electron chi connectivity index (χ1n) is 9.73. The maximum Gasteiger partial charge on any atom is 0.321 e. The summed E-state index contributed by atoms with van der Waals surface area (Å²) in [6.07, 6.45) is 8.57. The Morgan fingerprint density at radius 3 is 2.84 bits per heavy atom. The molecular weight excluding hydrogens is 403 g/mol. The summed E-state index contributed by atoms with van der Waals surface area (Å²) in [6, 6.07) is 4.15. The van der Waals surface area contributed by atoms with Crippen molar-refractivity contribution in [3.8, 4) is 11.3 Å². The van der Waals surface area contributed by atoms with Gasteiger partial charge in [0.25, 0.3) is 0 Å². The maximum absolute atomic E-state index is 14.6. The zero-order valence-corrected chi connectivity index (χ0v) is 16.8. The van der Waals surface area contributed by atoms with Crippen molar-refractivity contribution in [2.75, 3.05) is 30.4 Å². The molecule has 10 nitrogen and oxygen atoms in total. The van der Waals surface area contributed by atoms with Gasteiger partial charge in [-0.3, -0.25) is 14.1 Å². The van der Waals surface area contributed by atoms with Crippen molar-refractivity contribution in [2.24, 2.45) is 5.10 Å². The third-order valence-corrected chi connectivity index (χ3v) is 4.91. The summed E-state index contributed by atoms with van der Waals surface area (Å²) < 4.78 is 16.1. The van der Waals surface area contributed by atoms with Gasteiger partial charge in [0.15, 0.2) is 0 Å². The molecule has 0 unspecified atom stereocenters. The summed E-state index contributed by atoms with van der Waals surface area (Å²) in [6.45, 7) is 1.44. The molecule has 3 aromatic rings. The lowest BCUT2D eigenvalue weighted by Gasteiger charge is -2.16. The van der Waals surface area contributed by atoms with Crippen molar-refractivity contribution in [3.63, 3.8) is 0 Å². The number of urea groups is 1. The largest absolute Gasteiger partial charge is 0.325 e. The summed E-state index contributed by atoms with van der Waals surface area (Å²) in [5, 5.41) is 6.62. The number of fused-ring (bicyclic) bond motifs is 1. The number of carbonyl (C=O) groups is 2. The van der Waals surface area contributed by atoms with Gasteiger partial charge in [-0.05, 0) is 31.0 Å². The van der Waals surface area contributed by atoms with E-state index in [1.807, 2.05) is 0 Å². The fraction of sp³-hybridized carbons (Fsp3) is 0.250. The molecule has 3 amide bonds. The van der Waals surface area contributed by atoms with Crippen LogP contribution in [0.4, 0.5) is 20.6 Å². The second-order valence-corrected chi connectivity index (χ2v) is 6.95. The third kappa shape index (κ3) is 4.29. The predicted molar refractivity (Wildman–Crippen MR) is 114 cm³/mol. The Kier molecular flexibility index (Phi) is 5.74. The number of likely N-dealkylation sites (tertiary alicyclic amines) is 1. The van der Waals surface area contributed by atoms with E-state index in [-0.39, 0.29) is 11.6 Å². The van der Waals surface area contributed by atoms with Gasteiger partial charge >= 0.3 is 6.03 Å². The molecular formula is C20H21FN8O2. The normalized spacial score (nSPS) is 13.7. The molecule has 1 aliphatic heterocycles. The third-order valence-electron chi connectivity index (χ3n) is 4.91. The summed E-state index contributed by atoms with van der Waals surface area (Å²) in [5.74, 6) is -0.139. The van der Waals surface area contributed by atoms with Gasteiger partial charge in [0, 0.05) is 43.8 Å². The number of anilines is 2. The predicted octanol–water partition coefficient (Wildman–Crippen LogP) is 2.29. The van der Waals surface area contributed by atoms with Crippen molar-refractivity contribution >= 4 is 35.9 Å². The number of aromatic nitrogens is 3. The van der Waals surface area contributed by atoms with Gasteiger partial charge in [-0.15, -0.1) is 0 Å². The van der Waals surface area contributed by atoms with Gasteiger partial charge in [0.1, 0.15) is 12.2 Å². The summed E-state index contributed by atoms with van der Waals surface area (Å²) in [5.41, 5.74) is 4.08. The Morgan fingerprint density at radius 2 is 2.10 bits per heavy atom. The molecule has 160 valence electrons. The molecule has 1 aliphatic rings. The average Bonchev–Trinajstić information content (AvgIpc) is 3.45. The first-order chi connectivity index (χ1) is 15.1. The molecule has 1 aromatic carbocycles. The lowest BCUT2D eigenvalue weighted by molar-refractivity contribution is -0.106. The van der Waals surface area contributed by atoms with Crippen LogP contribution in [0.2, 0.25) is 0 Å². The van der Waals surface area contributed by atoms with Crippen LogP contribution >= 0.6 is 0 Å². The van der Waals surface area contributed by atoms with E-state index in [4.69, 9.17) is 0 Å². The first-order valence-corrected chi connectivity index (χ1v) is 9.73. The molecule has 0 aliphatic carbocycles. The molecule has 4 rings (SSSR count). The van der Waals surface area contributed by atoms with Gasteiger partial charge in [0.05, 0.1) is 17.6 Å². The topological polar surface area (TPSA) is 107 Å². The number of hydrogen-bond acceptors (Lipinski definition) is 6. The smallest absolute Gasteiger partial charge is 0.321 e. The minimum atomic E-state index is -0.474. The number of rotatable bonds is 6. The SMILES string of the molecule is CN/N=C\N(C=O)c1cnc2nc(-c3cc(NC(=O)N4CCCC4)ccc3F)cn2c1. The van der Waals surface area contributed by atoms with E-state index < -0.39 is 5.82 Å². The van der Waals surface area contributed by atoms with Crippen LogP contribution in [-0.2, 0) is 4.79 Å². The number of carbonyl (C=O) groups excluding carboxylic acids is 2. The molecule has 0 radical (unpaired) electrons. The fourth-order valence-corrected chi connectivity index (χ4v) is 3.33. The molecule has 1 saturated heterocycles. The van der Waals surface area contributed by atoms with Gasteiger partial charge in [0.2, 0.25) is 12.2 Å². The van der Waals surface area contributed by atoms with Crippen molar-refractivity contribution in [3.05, 3.63) is 42.6 Å². The summed E-state index contributed by atoms with van der Waals surface area (Å²) in [7, 11) is 1.61. The van der Waals surface area contributed by atoms with Crippen molar-refractivity contribution in [2.45, 2.75) is 12.8 Å². The Bertz CT molecular complexity index is 1140. The molecule has 1 fully saturated rings. The minimum Gasteiger partial charge on any atom is -0.325 e. The van der Waals surface area contributed by atoms with Crippen molar-refractivity contribution in [1.29, 1.82) is 0 Å². The molecule has 31 heavy (non-hydrogen) atoms. The van der Waals surface area contributed by atoms with E-state index in [2.05, 4.69) is 25.8 Å². The monoisotopic (exact) mass is 424 g/mol. The van der Waals surface area contributed by atoms with Crippen LogP contribution in [0.15, 0.2) is 41.9 Å². The Hall–Kier alpha value is -4.02. The van der Waals surface area contributed by atoms with Crippen molar-refractivity contribution in [1.82, 2.24) is 24.7 Å². The highest BCUT2D eigenvalue weighted by Gasteiger charge is 2.19. The zero-order valence-electron chi connectivity index (χ0n) is 16.8. The summed E-state index contributed by atoms with van der Waals surface area (Å²) >= 11 is 0. The number of halogens is 1. The molecule has 0 bridgehead atoms. The van der Waals surface area contributed by atoms with E-state index in [1.165, 1.54) is 29.6 Å². The van der Waals surface area contributed by atoms with Gasteiger partial charge < -0.3 is 15.6 Å². The fourth-order valence-electron chi connectivity index (χ4n) is 3.33. The Morgan fingerprint density at radius 1 is 1.29 bits per heavy atom. The van der Waals surface area contributed by atoms with Gasteiger partial charge in [-0.1, -0.05) is 0 Å². The second-order valence-electron chi connectivity index (χ2n) is 6.95. The van der Waals surface area contributed by atoms with E-state index in [9.17, 15) is 14.0 Å². The highest BCUT2D eigenvalue weighted by Crippen LogP contribution is 2.26. The number of imidazole rings is 1. The lowest BCUT2D eigenvalue weighted by atomic mass is 10.1. The zero-order chi connectivity index (χ0) is 21.8. The molecule has 0 saturated carbocycles. The first kappa shape index (κ1) is 20.3. The number of nitrogens with one attached hydrogen (secondary N) is 2. The lowest BCUT2D eigenvalue weighted by Crippen LogP contribution is -2.32. The van der Waals surface area contributed by atoms with Crippen LogP contribution < -0.4 is 15.6 Å². The second kappa shape index (κ2) is 8.78. The van der Waals surface area contributed by atoms with Crippen LogP contribution in [-0.4, -0.2) is 58.2 Å². The molecule has 3 heterocycles. The maximum atomic E-state index is 14.6. The van der Waals surface area contributed by atoms with E-state index in [0.717, 1.165) is 25.9 Å². The van der Waals surface area contributed by atoms with Crippen LogP contribution in [0.5, 0.6) is 0 Å². The van der Waals surface area contributed by atoms with E-state index in [1.54, 1.807) is 34.8 Å². The number of hydrogen-bond donors (Lipinski definition) is 2. The number of hydrazone groups is 1. The quantitative estimate of drug-likeness (QED) is 0.273.